The van der Waals surface area contributed by atoms with Gasteiger partial charge in [0.15, 0.2) is 11.5 Å². The fourth-order valence-electron chi connectivity index (χ4n) is 1.68. The van der Waals surface area contributed by atoms with Crippen molar-refractivity contribution in [3.05, 3.63) is 23.8 Å². The number of hydrogen-bond acceptors (Lipinski definition) is 6. The minimum absolute atomic E-state index is 0.205. The Bertz CT molecular complexity index is 624. The Morgan fingerprint density at radius 1 is 1.35 bits per heavy atom. The van der Waals surface area contributed by atoms with Crippen LogP contribution in [0.1, 0.15) is 5.56 Å². The van der Waals surface area contributed by atoms with Crippen molar-refractivity contribution in [2.24, 2.45) is 4.40 Å². The average molecular weight is 316 g/mol. The molecule has 1 aliphatic rings. The highest BCUT2D eigenvalue weighted by Gasteiger charge is 2.25. The Balaban J connectivity index is 2.20. The van der Waals surface area contributed by atoms with E-state index < -0.39 is 16.3 Å². The Labute approximate surface area is 122 Å². The van der Waals surface area contributed by atoms with E-state index in [0.717, 1.165) is 5.56 Å². The first-order chi connectivity index (χ1) is 9.46. The number of ether oxygens (including phenoxy) is 2. The smallest absolute Gasteiger partial charge is 0.286 e. The molecule has 1 aliphatic heterocycles. The molecule has 0 saturated carbocycles. The van der Waals surface area contributed by atoms with E-state index in [9.17, 15) is 8.42 Å². The Kier molecular flexibility index (Phi) is 4.69. The summed E-state index contributed by atoms with van der Waals surface area (Å²) < 4.78 is 38.1. The van der Waals surface area contributed by atoms with E-state index in [1.165, 1.54) is 26.0 Å². The van der Waals surface area contributed by atoms with Crippen LogP contribution >= 0.6 is 11.8 Å². The molecule has 1 aromatic carbocycles. The fourth-order valence-corrected chi connectivity index (χ4v) is 4.03. The summed E-state index contributed by atoms with van der Waals surface area (Å²) in [5, 5.41) is 3.33. The predicted molar refractivity (Wildman–Crippen MR) is 79.7 cm³/mol. The minimum Gasteiger partial charge on any atom is -0.355 e. The van der Waals surface area contributed by atoms with Gasteiger partial charge in [-0.15, -0.1) is 4.40 Å². The molecule has 0 aromatic heterocycles. The number of fused-ring (bicyclic) bond motifs is 1. The van der Waals surface area contributed by atoms with Crippen LogP contribution in [0.5, 0.6) is 0 Å². The molecule has 0 bridgehead atoms. The molecule has 0 unspecified atom stereocenters. The highest BCUT2D eigenvalue weighted by Crippen LogP contribution is 2.30. The fraction of sp³-hybridized carbons (Fsp3) is 0.417. The molecule has 20 heavy (non-hydrogen) atoms. The lowest BCUT2D eigenvalue weighted by molar-refractivity contribution is -0.0841. The summed E-state index contributed by atoms with van der Waals surface area (Å²) >= 11 is 1.23. The number of amidine groups is 1. The molecule has 110 valence electrons. The molecule has 1 N–H and O–H groups in total. The quantitative estimate of drug-likeness (QED) is 0.854. The molecule has 8 heteroatoms. The van der Waals surface area contributed by atoms with Crippen LogP contribution in [-0.4, -0.2) is 39.8 Å². The van der Waals surface area contributed by atoms with Gasteiger partial charge < -0.3 is 14.8 Å². The van der Waals surface area contributed by atoms with Gasteiger partial charge in [-0.3, -0.25) is 0 Å². The first-order valence-corrected chi connectivity index (χ1v) is 8.30. The maximum Gasteiger partial charge on any atom is 0.286 e. The molecule has 0 atom stereocenters. The Morgan fingerprint density at radius 2 is 2.05 bits per heavy atom. The van der Waals surface area contributed by atoms with Crippen LogP contribution in [-0.2, 0) is 19.5 Å². The van der Waals surface area contributed by atoms with Gasteiger partial charge in [0.25, 0.3) is 10.0 Å². The maximum atomic E-state index is 12.1. The monoisotopic (exact) mass is 316 g/mol. The van der Waals surface area contributed by atoms with Crippen molar-refractivity contribution in [2.75, 3.05) is 25.3 Å². The molecule has 0 amide bonds. The van der Waals surface area contributed by atoms with Crippen LogP contribution in [0.25, 0.3) is 0 Å². The zero-order chi connectivity index (χ0) is 14.8. The lowest BCUT2D eigenvalue weighted by Crippen LogP contribution is -2.23. The van der Waals surface area contributed by atoms with Gasteiger partial charge in [-0.2, -0.15) is 8.42 Å². The van der Waals surface area contributed by atoms with Crippen molar-refractivity contribution >= 4 is 32.6 Å². The van der Waals surface area contributed by atoms with Gasteiger partial charge in [0.05, 0.1) is 11.4 Å². The van der Waals surface area contributed by atoms with Crippen LogP contribution < -0.4 is 5.32 Å². The molecular formula is C12H16N2O4S2. The van der Waals surface area contributed by atoms with Crippen molar-refractivity contribution in [1.82, 2.24) is 0 Å². The first kappa shape index (κ1) is 15.3. The van der Waals surface area contributed by atoms with Crippen molar-refractivity contribution in [2.45, 2.75) is 18.1 Å². The largest absolute Gasteiger partial charge is 0.355 e. The highest BCUT2D eigenvalue weighted by molar-refractivity contribution is 8.14. The normalized spacial score (nSPS) is 16.5. The number of methoxy groups -OCH3 is 2. The molecule has 0 aliphatic carbocycles. The number of hydrogen-bond donors (Lipinski definition) is 1. The lowest BCUT2D eigenvalue weighted by Gasteiger charge is -2.19. The van der Waals surface area contributed by atoms with Crippen molar-refractivity contribution in [3.8, 4) is 0 Å². The minimum atomic E-state index is -3.65. The molecular weight excluding hydrogens is 300 g/mol. The number of anilines is 1. The lowest BCUT2D eigenvalue weighted by atomic mass is 10.2. The number of thioether (sulfide) groups is 1. The van der Waals surface area contributed by atoms with Crippen LogP contribution in [0, 0.1) is 6.92 Å². The van der Waals surface area contributed by atoms with Crippen LogP contribution in [0.4, 0.5) is 5.69 Å². The van der Waals surface area contributed by atoms with Gasteiger partial charge in [-0.1, -0.05) is 17.8 Å². The second kappa shape index (κ2) is 6.13. The van der Waals surface area contributed by atoms with Gasteiger partial charge in [0.2, 0.25) is 0 Å². The van der Waals surface area contributed by atoms with Crippen molar-refractivity contribution in [3.63, 3.8) is 0 Å². The van der Waals surface area contributed by atoms with Gasteiger partial charge >= 0.3 is 0 Å². The number of rotatable bonds is 4. The Hall–Kier alpha value is -1.09. The second-order valence-corrected chi connectivity index (χ2v) is 6.79. The summed E-state index contributed by atoms with van der Waals surface area (Å²) in [5.41, 5.74) is 1.42. The molecule has 0 radical (unpaired) electrons. The average Bonchev–Trinajstić information content (AvgIpc) is 2.40. The zero-order valence-corrected chi connectivity index (χ0v) is 13.0. The molecule has 1 aromatic rings. The van der Waals surface area contributed by atoms with Gasteiger partial charge in [-0.05, 0) is 24.6 Å². The molecule has 0 spiro atoms. The number of benzene rings is 1. The number of nitrogens with one attached hydrogen (secondary N) is 1. The zero-order valence-electron chi connectivity index (χ0n) is 11.4. The van der Waals surface area contributed by atoms with Gasteiger partial charge in [0.1, 0.15) is 4.90 Å². The molecule has 2 rings (SSSR count). The summed E-state index contributed by atoms with van der Waals surface area (Å²) in [4.78, 5) is 0.205. The SMILES string of the molecule is COC(CSC1=NS(=O)(=O)c2cc(C)ccc2N1)OC. The standard InChI is InChI=1S/C12H16N2O4S2/c1-8-4-5-9-10(6-8)20(15,16)14-12(13-9)19-7-11(17-2)18-3/h4-6,11H,7H2,1-3H3,(H,13,14). The summed E-state index contributed by atoms with van der Waals surface area (Å²) in [5.74, 6) is 0.440. The van der Waals surface area contributed by atoms with Crippen LogP contribution in [0.15, 0.2) is 27.5 Å². The van der Waals surface area contributed by atoms with Crippen molar-refractivity contribution < 1.29 is 17.9 Å². The summed E-state index contributed by atoms with van der Waals surface area (Å²) in [7, 11) is -0.597. The third-order valence-electron chi connectivity index (χ3n) is 2.74. The van der Waals surface area contributed by atoms with Gasteiger partial charge in [-0.25, -0.2) is 0 Å². The third kappa shape index (κ3) is 3.32. The van der Waals surface area contributed by atoms with E-state index >= 15 is 0 Å². The molecule has 1 heterocycles. The highest BCUT2D eigenvalue weighted by atomic mass is 32.2. The summed E-state index contributed by atoms with van der Waals surface area (Å²) in [6.07, 6.45) is -0.411. The van der Waals surface area contributed by atoms with E-state index in [4.69, 9.17) is 9.47 Å². The van der Waals surface area contributed by atoms with Crippen LogP contribution in [0.3, 0.4) is 0 Å². The maximum absolute atomic E-state index is 12.1. The molecule has 0 fully saturated rings. The van der Waals surface area contributed by atoms with E-state index in [2.05, 4.69) is 9.71 Å². The first-order valence-electron chi connectivity index (χ1n) is 5.87. The topological polar surface area (TPSA) is 77.0 Å². The van der Waals surface area contributed by atoms with Crippen LogP contribution in [0.2, 0.25) is 0 Å². The Morgan fingerprint density at radius 3 is 2.70 bits per heavy atom. The van der Waals surface area contributed by atoms with Gasteiger partial charge in [0, 0.05) is 14.2 Å². The number of sulfonamides is 1. The third-order valence-corrected chi connectivity index (χ3v) is 5.08. The molecule has 6 nitrogen and oxygen atoms in total. The van der Waals surface area contributed by atoms with Crippen molar-refractivity contribution in [1.29, 1.82) is 0 Å². The molecule has 0 saturated heterocycles. The predicted octanol–water partition coefficient (Wildman–Crippen LogP) is 1.82. The van der Waals surface area contributed by atoms with E-state index in [-0.39, 0.29) is 4.90 Å². The van der Waals surface area contributed by atoms with E-state index in [0.29, 0.717) is 16.6 Å². The number of aryl methyl sites for hydroxylation is 1. The summed E-state index contributed by atoms with van der Waals surface area (Å²) in [6, 6.07) is 5.19. The van der Waals surface area contributed by atoms with E-state index in [1.54, 1.807) is 12.1 Å². The second-order valence-electron chi connectivity index (χ2n) is 4.21. The summed E-state index contributed by atoms with van der Waals surface area (Å²) in [6.45, 7) is 1.84. The number of nitrogens with zero attached hydrogens (tertiary/aromatic N) is 1. The van der Waals surface area contributed by atoms with E-state index in [1.807, 2.05) is 13.0 Å².